The summed E-state index contributed by atoms with van der Waals surface area (Å²) < 4.78 is 10.7. The summed E-state index contributed by atoms with van der Waals surface area (Å²) in [5.74, 6) is 0.931. The third kappa shape index (κ3) is 4.31. The quantitative estimate of drug-likeness (QED) is 0.752. The number of carbonyl (C=O) groups is 2. The molecule has 0 aliphatic carbocycles. The molecule has 25 heavy (non-hydrogen) atoms. The van der Waals surface area contributed by atoms with Crippen LogP contribution >= 0.6 is 0 Å². The SMILES string of the molecule is COCCN1C(=O)[C@@H]2CC[C@H]1CN(C(=O)CCOc1ccccc1)C2. The maximum Gasteiger partial charge on any atom is 0.227 e. The molecule has 1 aromatic rings. The van der Waals surface area contributed by atoms with Crippen LogP contribution in [0.1, 0.15) is 19.3 Å². The lowest BCUT2D eigenvalue weighted by molar-refractivity contribution is -0.140. The van der Waals surface area contributed by atoms with E-state index in [0.29, 0.717) is 39.3 Å². The first-order valence-electron chi connectivity index (χ1n) is 8.94. The Morgan fingerprint density at radius 2 is 1.96 bits per heavy atom. The number of carbonyl (C=O) groups excluding carboxylic acids is 2. The predicted octanol–water partition coefficient (Wildman–Crippen LogP) is 1.55. The molecule has 3 aliphatic rings. The average Bonchev–Trinajstić information content (AvgIpc) is 2.92. The molecule has 3 fully saturated rings. The maximum atomic E-state index is 12.6. The van der Waals surface area contributed by atoms with Crippen LogP contribution in [-0.4, -0.2) is 67.6 Å². The fourth-order valence-electron chi connectivity index (χ4n) is 3.66. The van der Waals surface area contributed by atoms with E-state index in [4.69, 9.17) is 9.47 Å². The highest BCUT2D eigenvalue weighted by Crippen LogP contribution is 2.29. The molecule has 136 valence electrons. The second-order valence-corrected chi connectivity index (χ2v) is 6.66. The van der Waals surface area contributed by atoms with E-state index >= 15 is 0 Å². The van der Waals surface area contributed by atoms with E-state index < -0.39 is 0 Å². The van der Waals surface area contributed by atoms with Gasteiger partial charge in [0.2, 0.25) is 11.8 Å². The van der Waals surface area contributed by atoms with E-state index in [1.165, 1.54) is 0 Å². The molecule has 6 heteroatoms. The van der Waals surface area contributed by atoms with Gasteiger partial charge in [0.05, 0.1) is 25.6 Å². The molecule has 0 N–H and O–H groups in total. The van der Waals surface area contributed by atoms with Crippen molar-refractivity contribution >= 4 is 11.8 Å². The number of benzene rings is 1. The van der Waals surface area contributed by atoms with Crippen molar-refractivity contribution in [3.8, 4) is 5.75 Å². The van der Waals surface area contributed by atoms with Gasteiger partial charge in [-0.15, -0.1) is 0 Å². The van der Waals surface area contributed by atoms with Crippen molar-refractivity contribution in [3.05, 3.63) is 30.3 Å². The summed E-state index contributed by atoms with van der Waals surface area (Å²) in [6, 6.07) is 9.61. The van der Waals surface area contributed by atoms with Gasteiger partial charge < -0.3 is 19.3 Å². The standard InChI is InChI=1S/C19H26N2O4/c1-24-12-10-21-16-8-7-15(19(21)23)13-20(14-16)18(22)9-11-25-17-5-3-2-4-6-17/h2-6,15-16H,7-14H2,1H3/t15-,16+/m1/s1. The van der Waals surface area contributed by atoms with Crippen molar-refractivity contribution in [2.24, 2.45) is 5.92 Å². The topological polar surface area (TPSA) is 59.1 Å². The lowest BCUT2D eigenvalue weighted by Gasteiger charge is -2.35. The summed E-state index contributed by atoms with van der Waals surface area (Å²) >= 11 is 0. The lowest BCUT2D eigenvalue weighted by atomic mass is 9.94. The molecule has 0 unspecified atom stereocenters. The van der Waals surface area contributed by atoms with Crippen molar-refractivity contribution in [2.45, 2.75) is 25.3 Å². The fourth-order valence-corrected chi connectivity index (χ4v) is 3.66. The normalized spacial score (nSPS) is 22.8. The Kier molecular flexibility index (Phi) is 5.91. The Morgan fingerprint density at radius 1 is 1.16 bits per heavy atom. The van der Waals surface area contributed by atoms with Crippen LogP contribution in [0.15, 0.2) is 30.3 Å². The predicted molar refractivity (Wildman–Crippen MR) is 93.2 cm³/mol. The van der Waals surface area contributed by atoms with Crippen LogP contribution < -0.4 is 4.74 Å². The average molecular weight is 346 g/mol. The van der Waals surface area contributed by atoms with Gasteiger partial charge in [0.15, 0.2) is 0 Å². The van der Waals surface area contributed by atoms with E-state index in [1.807, 2.05) is 40.1 Å². The summed E-state index contributed by atoms with van der Waals surface area (Å²) in [6.45, 7) is 2.65. The van der Waals surface area contributed by atoms with Gasteiger partial charge in [0, 0.05) is 32.8 Å². The molecular formula is C19H26N2O4. The van der Waals surface area contributed by atoms with Gasteiger partial charge in [-0.25, -0.2) is 0 Å². The number of ether oxygens (including phenoxy) is 2. The van der Waals surface area contributed by atoms with E-state index in [9.17, 15) is 9.59 Å². The molecule has 0 radical (unpaired) electrons. The van der Waals surface area contributed by atoms with Crippen molar-refractivity contribution in [2.75, 3.05) is 40.0 Å². The number of rotatable bonds is 7. The van der Waals surface area contributed by atoms with Crippen LogP contribution in [0.25, 0.3) is 0 Å². The molecule has 0 saturated carbocycles. The Morgan fingerprint density at radius 3 is 2.72 bits per heavy atom. The number of methoxy groups -OCH3 is 1. The van der Waals surface area contributed by atoms with Gasteiger partial charge in [-0.1, -0.05) is 18.2 Å². The molecule has 3 heterocycles. The fraction of sp³-hybridized carbons (Fsp3) is 0.579. The van der Waals surface area contributed by atoms with Crippen molar-refractivity contribution in [3.63, 3.8) is 0 Å². The third-order valence-corrected chi connectivity index (χ3v) is 5.01. The highest BCUT2D eigenvalue weighted by Gasteiger charge is 2.41. The lowest BCUT2D eigenvalue weighted by Crippen LogP contribution is -2.49. The van der Waals surface area contributed by atoms with Crippen LogP contribution in [0.4, 0.5) is 0 Å². The van der Waals surface area contributed by atoms with Crippen molar-refractivity contribution in [1.29, 1.82) is 0 Å². The monoisotopic (exact) mass is 346 g/mol. The highest BCUT2D eigenvalue weighted by atomic mass is 16.5. The molecule has 1 aromatic carbocycles. The Balaban J connectivity index is 1.54. The summed E-state index contributed by atoms with van der Waals surface area (Å²) in [6.07, 6.45) is 2.17. The van der Waals surface area contributed by atoms with E-state index in [-0.39, 0.29) is 23.8 Å². The minimum Gasteiger partial charge on any atom is -0.493 e. The molecule has 0 spiro atoms. The minimum atomic E-state index is -0.0744. The second kappa shape index (κ2) is 8.34. The van der Waals surface area contributed by atoms with Gasteiger partial charge in [0.1, 0.15) is 5.75 Å². The summed E-state index contributed by atoms with van der Waals surface area (Å²) in [4.78, 5) is 28.9. The summed E-state index contributed by atoms with van der Waals surface area (Å²) in [7, 11) is 1.64. The smallest absolute Gasteiger partial charge is 0.227 e. The third-order valence-electron chi connectivity index (χ3n) is 5.01. The first kappa shape index (κ1) is 17.7. The largest absolute Gasteiger partial charge is 0.493 e. The van der Waals surface area contributed by atoms with E-state index in [0.717, 1.165) is 18.6 Å². The second-order valence-electron chi connectivity index (χ2n) is 6.66. The van der Waals surface area contributed by atoms with Crippen LogP contribution in [0.5, 0.6) is 5.75 Å². The minimum absolute atomic E-state index is 0.0641. The van der Waals surface area contributed by atoms with E-state index in [1.54, 1.807) is 7.11 Å². The zero-order chi connectivity index (χ0) is 17.6. The maximum absolute atomic E-state index is 12.6. The van der Waals surface area contributed by atoms with Crippen LogP contribution in [-0.2, 0) is 14.3 Å². The molecule has 3 aliphatic heterocycles. The number of fused-ring (bicyclic) bond motifs is 4. The molecule has 2 atom stereocenters. The van der Waals surface area contributed by atoms with Crippen LogP contribution in [0, 0.1) is 5.92 Å². The van der Waals surface area contributed by atoms with Crippen LogP contribution in [0.3, 0.4) is 0 Å². The molecule has 6 nitrogen and oxygen atoms in total. The van der Waals surface area contributed by atoms with Crippen molar-refractivity contribution < 1.29 is 19.1 Å². The van der Waals surface area contributed by atoms with Gasteiger partial charge in [-0.2, -0.15) is 0 Å². The van der Waals surface area contributed by atoms with Gasteiger partial charge in [0.25, 0.3) is 0 Å². The molecule has 0 aromatic heterocycles. The number of para-hydroxylation sites is 1. The van der Waals surface area contributed by atoms with Gasteiger partial charge >= 0.3 is 0 Å². The van der Waals surface area contributed by atoms with Gasteiger partial charge in [-0.3, -0.25) is 9.59 Å². The number of piperidine rings is 1. The number of nitrogens with zero attached hydrogens (tertiary/aromatic N) is 2. The first-order chi connectivity index (χ1) is 12.2. The molecule has 3 saturated heterocycles. The van der Waals surface area contributed by atoms with Gasteiger partial charge in [-0.05, 0) is 25.0 Å². The number of hydrogen-bond acceptors (Lipinski definition) is 4. The highest BCUT2D eigenvalue weighted by molar-refractivity contribution is 5.83. The number of hydrogen-bond donors (Lipinski definition) is 0. The molecular weight excluding hydrogens is 320 g/mol. The Bertz CT molecular complexity index is 592. The van der Waals surface area contributed by atoms with E-state index in [2.05, 4.69) is 0 Å². The van der Waals surface area contributed by atoms with Crippen molar-refractivity contribution in [1.82, 2.24) is 9.80 Å². The molecule has 2 bridgehead atoms. The zero-order valence-electron chi connectivity index (χ0n) is 14.7. The summed E-state index contributed by atoms with van der Waals surface area (Å²) in [5.41, 5.74) is 0. The number of amides is 2. The zero-order valence-corrected chi connectivity index (χ0v) is 14.7. The molecule has 4 rings (SSSR count). The van der Waals surface area contributed by atoms with Crippen LogP contribution in [0.2, 0.25) is 0 Å². The first-order valence-corrected chi connectivity index (χ1v) is 8.94. The summed E-state index contributed by atoms with van der Waals surface area (Å²) in [5, 5.41) is 0. The Labute approximate surface area is 148 Å². The molecule has 2 amide bonds. The Hall–Kier alpha value is -2.08.